The molecule has 108 valence electrons. The Labute approximate surface area is 117 Å². The Bertz CT molecular complexity index is 462. The summed E-state index contributed by atoms with van der Waals surface area (Å²) >= 11 is 0. The number of morpholine rings is 1. The average molecular weight is 279 g/mol. The van der Waals surface area contributed by atoms with Gasteiger partial charge in [-0.05, 0) is 5.56 Å². The smallest absolute Gasteiger partial charge is 0.410 e. The topological polar surface area (TPSA) is 65.1 Å². The highest BCUT2D eigenvalue weighted by atomic mass is 16.6. The van der Waals surface area contributed by atoms with Crippen LogP contribution in [0.25, 0.3) is 0 Å². The van der Waals surface area contributed by atoms with Crippen molar-refractivity contribution in [3.05, 3.63) is 35.9 Å². The molecule has 1 saturated heterocycles. The van der Waals surface area contributed by atoms with E-state index in [0.29, 0.717) is 13.2 Å². The van der Waals surface area contributed by atoms with E-state index in [1.54, 1.807) is 0 Å². The SMILES string of the molecule is COC(=O)[C@H]1CN(C(=O)OCc2ccccc2)CCO1. The molecular weight excluding hydrogens is 262 g/mol. The van der Waals surface area contributed by atoms with E-state index in [1.165, 1.54) is 12.0 Å². The van der Waals surface area contributed by atoms with Crippen molar-refractivity contribution in [2.45, 2.75) is 12.7 Å². The molecule has 1 aliphatic rings. The van der Waals surface area contributed by atoms with Crippen LogP contribution in [0.5, 0.6) is 0 Å². The summed E-state index contributed by atoms with van der Waals surface area (Å²) in [7, 11) is 1.29. The van der Waals surface area contributed by atoms with Gasteiger partial charge in [0, 0.05) is 6.54 Å². The Balaban J connectivity index is 1.84. The van der Waals surface area contributed by atoms with Gasteiger partial charge < -0.3 is 19.1 Å². The van der Waals surface area contributed by atoms with E-state index in [4.69, 9.17) is 9.47 Å². The minimum atomic E-state index is -0.738. The van der Waals surface area contributed by atoms with E-state index in [-0.39, 0.29) is 13.2 Å². The average Bonchev–Trinajstić information content (AvgIpc) is 2.53. The molecule has 1 amide bonds. The Morgan fingerprint density at radius 3 is 2.80 bits per heavy atom. The van der Waals surface area contributed by atoms with Crippen molar-refractivity contribution >= 4 is 12.1 Å². The largest absolute Gasteiger partial charge is 0.467 e. The number of methoxy groups -OCH3 is 1. The lowest BCUT2D eigenvalue weighted by Crippen LogP contribution is -2.49. The minimum absolute atomic E-state index is 0.153. The number of hydrogen-bond acceptors (Lipinski definition) is 5. The van der Waals surface area contributed by atoms with Crippen LogP contribution in [0.4, 0.5) is 4.79 Å². The molecule has 20 heavy (non-hydrogen) atoms. The van der Waals surface area contributed by atoms with Gasteiger partial charge in [0.25, 0.3) is 0 Å². The number of hydrogen-bond donors (Lipinski definition) is 0. The van der Waals surface area contributed by atoms with Crippen LogP contribution in [0.15, 0.2) is 30.3 Å². The standard InChI is InChI=1S/C14H17NO5/c1-18-13(16)12-9-15(7-8-19-12)14(17)20-10-11-5-3-2-4-6-11/h2-6,12H,7-10H2,1H3/t12-/m1/s1. The molecular formula is C14H17NO5. The molecule has 1 aliphatic heterocycles. The number of amides is 1. The molecule has 1 aromatic rings. The lowest BCUT2D eigenvalue weighted by atomic mass is 10.2. The highest BCUT2D eigenvalue weighted by Crippen LogP contribution is 2.09. The minimum Gasteiger partial charge on any atom is -0.467 e. The Morgan fingerprint density at radius 2 is 2.10 bits per heavy atom. The van der Waals surface area contributed by atoms with Crippen LogP contribution in [-0.2, 0) is 25.6 Å². The number of rotatable bonds is 3. The fourth-order valence-corrected chi connectivity index (χ4v) is 1.90. The van der Waals surface area contributed by atoms with Gasteiger partial charge in [-0.15, -0.1) is 0 Å². The molecule has 0 aliphatic carbocycles. The molecule has 2 rings (SSSR count). The zero-order valence-electron chi connectivity index (χ0n) is 11.3. The summed E-state index contributed by atoms with van der Waals surface area (Å²) in [4.78, 5) is 24.8. The van der Waals surface area contributed by atoms with Crippen LogP contribution < -0.4 is 0 Å². The molecule has 0 radical (unpaired) electrons. The van der Waals surface area contributed by atoms with E-state index in [1.807, 2.05) is 30.3 Å². The second kappa shape index (κ2) is 6.91. The maximum Gasteiger partial charge on any atom is 0.410 e. The summed E-state index contributed by atoms with van der Waals surface area (Å²) in [5, 5.41) is 0. The van der Waals surface area contributed by atoms with Crippen molar-refractivity contribution in [1.82, 2.24) is 4.90 Å². The third-order valence-corrected chi connectivity index (χ3v) is 2.99. The van der Waals surface area contributed by atoms with E-state index in [0.717, 1.165) is 5.56 Å². The number of nitrogens with zero attached hydrogens (tertiary/aromatic N) is 1. The first-order chi connectivity index (χ1) is 9.70. The van der Waals surface area contributed by atoms with E-state index < -0.39 is 18.2 Å². The predicted octanol–water partition coefficient (Wildman–Crippen LogP) is 1.20. The normalized spacial score (nSPS) is 18.4. The first-order valence-corrected chi connectivity index (χ1v) is 6.36. The molecule has 0 saturated carbocycles. The fourth-order valence-electron chi connectivity index (χ4n) is 1.90. The number of carbonyl (C=O) groups is 2. The van der Waals surface area contributed by atoms with Crippen LogP contribution in [0.2, 0.25) is 0 Å². The van der Waals surface area contributed by atoms with E-state index in [9.17, 15) is 9.59 Å². The molecule has 1 atom stereocenters. The monoisotopic (exact) mass is 279 g/mol. The number of carbonyl (C=O) groups excluding carboxylic acids is 2. The third-order valence-electron chi connectivity index (χ3n) is 2.99. The Kier molecular flexibility index (Phi) is 4.95. The summed E-state index contributed by atoms with van der Waals surface area (Å²) in [6.45, 7) is 1.06. The summed E-state index contributed by atoms with van der Waals surface area (Å²) in [6, 6.07) is 9.42. The zero-order chi connectivity index (χ0) is 14.4. The second-order valence-electron chi connectivity index (χ2n) is 4.37. The Hall–Kier alpha value is -2.08. The zero-order valence-corrected chi connectivity index (χ0v) is 11.3. The van der Waals surface area contributed by atoms with Gasteiger partial charge in [0.05, 0.1) is 20.3 Å². The summed E-state index contributed by atoms with van der Waals surface area (Å²) in [5.74, 6) is -0.481. The van der Waals surface area contributed by atoms with Gasteiger partial charge in [-0.3, -0.25) is 0 Å². The molecule has 6 heteroatoms. The molecule has 1 heterocycles. The van der Waals surface area contributed by atoms with Crippen LogP contribution in [0, 0.1) is 0 Å². The lowest BCUT2D eigenvalue weighted by Gasteiger charge is -2.30. The molecule has 6 nitrogen and oxygen atoms in total. The molecule has 0 aromatic heterocycles. The highest BCUT2D eigenvalue weighted by Gasteiger charge is 2.30. The van der Waals surface area contributed by atoms with Crippen molar-refractivity contribution in [3.63, 3.8) is 0 Å². The van der Waals surface area contributed by atoms with Crippen LogP contribution in [0.3, 0.4) is 0 Å². The number of esters is 1. The van der Waals surface area contributed by atoms with E-state index >= 15 is 0 Å². The summed E-state index contributed by atoms with van der Waals surface area (Å²) in [5.41, 5.74) is 0.915. The van der Waals surface area contributed by atoms with Crippen LogP contribution >= 0.6 is 0 Å². The van der Waals surface area contributed by atoms with Gasteiger partial charge in [0.15, 0.2) is 6.10 Å². The van der Waals surface area contributed by atoms with Gasteiger partial charge in [0.2, 0.25) is 0 Å². The van der Waals surface area contributed by atoms with Crippen LogP contribution in [-0.4, -0.2) is 49.9 Å². The fraction of sp³-hybridized carbons (Fsp3) is 0.429. The van der Waals surface area contributed by atoms with Gasteiger partial charge in [0.1, 0.15) is 6.61 Å². The maximum atomic E-state index is 11.9. The molecule has 0 N–H and O–H groups in total. The molecule has 0 unspecified atom stereocenters. The number of ether oxygens (including phenoxy) is 3. The molecule has 0 spiro atoms. The van der Waals surface area contributed by atoms with Crippen molar-refractivity contribution < 1.29 is 23.8 Å². The highest BCUT2D eigenvalue weighted by molar-refractivity contribution is 5.76. The first kappa shape index (κ1) is 14.3. The number of benzene rings is 1. The summed E-state index contributed by atoms with van der Waals surface area (Å²) < 4.78 is 15.1. The van der Waals surface area contributed by atoms with Crippen molar-refractivity contribution in [1.29, 1.82) is 0 Å². The molecule has 1 fully saturated rings. The lowest BCUT2D eigenvalue weighted by molar-refractivity contribution is -0.158. The van der Waals surface area contributed by atoms with Gasteiger partial charge in [-0.2, -0.15) is 0 Å². The van der Waals surface area contributed by atoms with E-state index in [2.05, 4.69) is 4.74 Å². The quantitative estimate of drug-likeness (QED) is 0.778. The first-order valence-electron chi connectivity index (χ1n) is 6.36. The van der Waals surface area contributed by atoms with Crippen LogP contribution in [0.1, 0.15) is 5.56 Å². The second-order valence-corrected chi connectivity index (χ2v) is 4.37. The molecule has 1 aromatic carbocycles. The Morgan fingerprint density at radius 1 is 1.35 bits per heavy atom. The van der Waals surface area contributed by atoms with Gasteiger partial charge in [-0.25, -0.2) is 9.59 Å². The van der Waals surface area contributed by atoms with Gasteiger partial charge >= 0.3 is 12.1 Å². The molecule has 0 bridgehead atoms. The summed E-state index contributed by atoms with van der Waals surface area (Å²) in [6.07, 6.45) is -1.19. The predicted molar refractivity (Wildman–Crippen MR) is 70.0 cm³/mol. The maximum absolute atomic E-state index is 11.9. The van der Waals surface area contributed by atoms with Crippen molar-refractivity contribution in [2.75, 3.05) is 26.8 Å². The van der Waals surface area contributed by atoms with Crippen molar-refractivity contribution in [2.24, 2.45) is 0 Å². The third kappa shape index (κ3) is 3.71. The van der Waals surface area contributed by atoms with Gasteiger partial charge in [-0.1, -0.05) is 30.3 Å². The van der Waals surface area contributed by atoms with Crippen molar-refractivity contribution in [3.8, 4) is 0 Å².